The number of unbranched alkanes of at least 4 members (excludes halogenated alkanes) is 2. The fourth-order valence-electron chi connectivity index (χ4n) is 7.00. The molecule has 5 atom stereocenters. The maximum Gasteiger partial charge on any atom is 2.00 e. The molecule has 3 aromatic rings. The number of hydrogen-bond acceptors (Lipinski definition) is 11. The monoisotopic (exact) mass is 726 g/mol. The van der Waals surface area contributed by atoms with Gasteiger partial charge in [0.05, 0.1) is 12.0 Å². The van der Waals surface area contributed by atoms with Crippen molar-refractivity contribution in [2.24, 2.45) is 0 Å². The van der Waals surface area contributed by atoms with Gasteiger partial charge in [-0.3, -0.25) is 14.2 Å². The summed E-state index contributed by atoms with van der Waals surface area (Å²) in [7, 11) is 0. The minimum absolute atomic E-state index is 0. The third-order valence-corrected chi connectivity index (χ3v) is 9.70. The van der Waals surface area contributed by atoms with E-state index in [-0.39, 0.29) is 23.0 Å². The molecule has 15 heteroatoms. The molecule has 2 fully saturated rings. The molecule has 49 heavy (non-hydrogen) atoms. The average Bonchev–Trinajstić information content (AvgIpc) is 3.79. The first-order valence-electron chi connectivity index (χ1n) is 17.4. The van der Waals surface area contributed by atoms with Crippen molar-refractivity contribution in [3.05, 3.63) is 53.7 Å². The number of carbonyl (C=O) groups excluding carboxylic acids is 2. The number of aryl methyl sites for hydroxylation is 1. The Labute approximate surface area is 297 Å². The summed E-state index contributed by atoms with van der Waals surface area (Å²) in [5, 5.41) is 34.6. The Kier molecular flexibility index (Phi) is 13.9. The van der Waals surface area contributed by atoms with Gasteiger partial charge >= 0.3 is 17.1 Å². The molecule has 1 radical (unpaired) electrons. The molecule has 2 aliphatic heterocycles. The minimum Gasteiger partial charge on any atom is -0.387 e. The van der Waals surface area contributed by atoms with Gasteiger partial charge in [-0.2, -0.15) is 0 Å². The molecular weight excluding hydrogens is 678 g/mol. The molecule has 14 nitrogen and oxygen atoms in total. The standard InChI is InChI=1S/C34H49N9O5.Cu/c44-27(42-18-16-36-14-12-35-13-15-37-17-19-42)8-2-1-5-11-38-33(47)31-29(45)30(46)34(48-31)43-22-41-28-26(39-21-40-32(28)43)20-24-10-9-23-6-3-4-7-25(23)24;/h3-4,6-7,21-22,24,29-31,34-37,45-46H,1-2,5,8-20H2,(H,38,47);/q;+2/t24-,29+,30-,31+,34-;/m1./s1. The van der Waals surface area contributed by atoms with Crippen molar-refractivity contribution < 1.29 is 41.6 Å². The second-order valence-electron chi connectivity index (χ2n) is 12.9. The van der Waals surface area contributed by atoms with E-state index in [0.29, 0.717) is 56.0 Å². The molecule has 0 spiro atoms. The molecule has 0 saturated carbocycles. The van der Waals surface area contributed by atoms with E-state index in [2.05, 4.69) is 60.5 Å². The van der Waals surface area contributed by atoms with Crippen molar-refractivity contribution in [2.45, 2.75) is 75.4 Å². The molecule has 269 valence electrons. The SMILES string of the molecule is O=C(NCCCCCC(=O)N1CCNCCNCCNCC1)[C@H]1O[C@@H](n2cnc3c(C[C@H]4CCc5ccccc54)ncnc32)[C@H](O)[C@@H]1O.[Cu+2]. The number of nitrogens with zero attached hydrogens (tertiary/aromatic N) is 5. The normalized spacial score (nSPS) is 24.9. The first-order chi connectivity index (χ1) is 23.5. The Hall–Kier alpha value is -3.01. The molecule has 1 aliphatic carbocycles. The summed E-state index contributed by atoms with van der Waals surface area (Å²) in [6, 6.07) is 8.49. The summed E-state index contributed by atoms with van der Waals surface area (Å²) < 4.78 is 7.51. The predicted octanol–water partition coefficient (Wildman–Crippen LogP) is 0.00310. The van der Waals surface area contributed by atoms with Gasteiger partial charge in [0.2, 0.25) is 5.91 Å². The van der Waals surface area contributed by atoms with Crippen molar-refractivity contribution in [3.63, 3.8) is 0 Å². The van der Waals surface area contributed by atoms with Crippen LogP contribution in [0.2, 0.25) is 0 Å². The van der Waals surface area contributed by atoms with Crippen LogP contribution < -0.4 is 21.3 Å². The van der Waals surface area contributed by atoms with Crippen LogP contribution >= 0.6 is 0 Å². The summed E-state index contributed by atoms with van der Waals surface area (Å²) in [5.41, 5.74) is 4.63. The van der Waals surface area contributed by atoms with E-state index in [9.17, 15) is 19.8 Å². The quantitative estimate of drug-likeness (QED) is 0.122. The van der Waals surface area contributed by atoms with E-state index in [4.69, 9.17) is 4.74 Å². The molecule has 4 heterocycles. The van der Waals surface area contributed by atoms with Crippen LogP contribution in [0.5, 0.6) is 0 Å². The van der Waals surface area contributed by atoms with E-state index in [1.54, 1.807) is 4.57 Å². The van der Waals surface area contributed by atoms with Crippen LogP contribution in [0.1, 0.15) is 61.1 Å². The summed E-state index contributed by atoms with van der Waals surface area (Å²) >= 11 is 0. The Bertz CT molecular complexity index is 1510. The van der Waals surface area contributed by atoms with Crippen LogP contribution in [0.3, 0.4) is 0 Å². The number of nitrogens with one attached hydrogen (secondary N) is 4. The molecule has 2 saturated heterocycles. The van der Waals surface area contributed by atoms with Crippen LogP contribution in [0.25, 0.3) is 11.2 Å². The number of aromatic nitrogens is 4. The van der Waals surface area contributed by atoms with Gasteiger partial charge < -0.3 is 41.1 Å². The number of ether oxygens (including phenoxy) is 1. The maximum atomic E-state index is 13.0. The number of rotatable bonds is 10. The Balaban J connectivity index is 0.00000468. The first-order valence-corrected chi connectivity index (χ1v) is 17.4. The largest absolute Gasteiger partial charge is 2.00 e. The summed E-state index contributed by atoms with van der Waals surface area (Å²) in [6.07, 6.45) is 3.42. The number of aliphatic hydroxyl groups excluding tert-OH is 2. The maximum absolute atomic E-state index is 13.0. The molecule has 1 aromatic carbocycles. The second-order valence-corrected chi connectivity index (χ2v) is 12.9. The summed E-state index contributed by atoms with van der Waals surface area (Å²) in [5.74, 6) is -0.00295. The zero-order valence-electron chi connectivity index (χ0n) is 27.8. The molecule has 0 unspecified atom stereocenters. The van der Waals surface area contributed by atoms with Gasteiger partial charge in [0.25, 0.3) is 5.91 Å². The van der Waals surface area contributed by atoms with Gasteiger partial charge in [0, 0.05) is 65.3 Å². The van der Waals surface area contributed by atoms with Crippen molar-refractivity contribution in [1.29, 1.82) is 0 Å². The average molecular weight is 727 g/mol. The molecule has 6 rings (SSSR count). The number of aliphatic hydroxyl groups is 2. The van der Waals surface area contributed by atoms with E-state index >= 15 is 0 Å². The number of hydrogen-bond donors (Lipinski definition) is 6. The Morgan fingerprint density at radius 1 is 0.918 bits per heavy atom. The van der Waals surface area contributed by atoms with Crippen molar-refractivity contribution in [2.75, 3.05) is 58.9 Å². The molecule has 0 bridgehead atoms. The first kappa shape index (κ1) is 37.2. The minimum atomic E-state index is -1.42. The fraction of sp³-hybridized carbons (Fsp3) is 0.618. The summed E-state index contributed by atoms with van der Waals surface area (Å²) in [6.45, 7) is 6.86. The van der Waals surface area contributed by atoms with Crippen LogP contribution in [0.15, 0.2) is 36.9 Å². The summed E-state index contributed by atoms with van der Waals surface area (Å²) in [4.78, 5) is 41.3. The Morgan fingerprint density at radius 2 is 1.65 bits per heavy atom. The third-order valence-electron chi connectivity index (χ3n) is 9.70. The third kappa shape index (κ3) is 9.21. The van der Waals surface area contributed by atoms with Crippen LogP contribution in [0, 0.1) is 0 Å². The van der Waals surface area contributed by atoms with E-state index in [1.807, 2.05) is 4.90 Å². The zero-order valence-corrected chi connectivity index (χ0v) is 28.8. The van der Waals surface area contributed by atoms with E-state index in [0.717, 1.165) is 70.6 Å². The van der Waals surface area contributed by atoms with Gasteiger partial charge in [0.1, 0.15) is 24.1 Å². The van der Waals surface area contributed by atoms with E-state index < -0.39 is 30.4 Å². The molecule has 3 aliphatic rings. The Morgan fingerprint density at radius 3 is 2.43 bits per heavy atom. The van der Waals surface area contributed by atoms with Crippen LogP contribution in [-0.2, 0) is 44.2 Å². The second kappa shape index (κ2) is 18.3. The number of carbonyl (C=O) groups is 2. The van der Waals surface area contributed by atoms with Crippen LogP contribution in [0.4, 0.5) is 0 Å². The van der Waals surface area contributed by atoms with Gasteiger partial charge in [-0.05, 0) is 49.1 Å². The number of imidazole rings is 1. The van der Waals surface area contributed by atoms with Crippen molar-refractivity contribution in [3.8, 4) is 0 Å². The van der Waals surface area contributed by atoms with Crippen molar-refractivity contribution in [1.82, 2.24) is 45.7 Å². The smallest absolute Gasteiger partial charge is 0.387 e. The molecule has 6 N–H and O–H groups in total. The zero-order chi connectivity index (χ0) is 33.3. The predicted molar refractivity (Wildman–Crippen MR) is 179 cm³/mol. The topological polar surface area (TPSA) is 179 Å². The fourth-order valence-corrected chi connectivity index (χ4v) is 7.00. The molecule has 2 aromatic heterocycles. The van der Waals surface area contributed by atoms with Crippen LogP contribution in [-0.4, -0.2) is 124 Å². The van der Waals surface area contributed by atoms with Gasteiger partial charge in [-0.1, -0.05) is 30.7 Å². The molecule has 2 amide bonds. The van der Waals surface area contributed by atoms with Gasteiger partial charge in [-0.15, -0.1) is 0 Å². The number of amides is 2. The van der Waals surface area contributed by atoms with Gasteiger partial charge in [0.15, 0.2) is 18.0 Å². The van der Waals surface area contributed by atoms with Gasteiger partial charge in [-0.25, -0.2) is 15.0 Å². The molecular formula is C34H49CuN9O5+2. The van der Waals surface area contributed by atoms with Crippen molar-refractivity contribution >= 4 is 23.0 Å². The number of benzene rings is 1. The van der Waals surface area contributed by atoms with E-state index in [1.165, 1.54) is 23.8 Å². The number of fused-ring (bicyclic) bond motifs is 2.